The smallest absolute Gasteiger partial charge is 0.0496 e. The number of nitrogens with zero attached hydrogens (tertiary/aromatic N) is 1. The summed E-state index contributed by atoms with van der Waals surface area (Å²) in [5.74, 6) is 0. The number of hydrogen-bond donors (Lipinski definition) is 1. The summed E-state index contributed by atoms with van der Waals surface area (Å²) in [5, 5.41) is 0. The lowest BCUT2D eigenvalue weighted by atomic mass is 10.00. The zero-order valence-corrected chi connectivity index (χ0v) is 9.39. The van der Waals surface area contributed by atoms with Gasteiger partial charge in [0.15, 0.2) is 0 Å². The third-order valence-electron chi connectivity index (χ3n) is 3.17. The number of rotatable bonds is 3. The van der Waals surface area contributed by atoms with E-state index in [4.69, 9.17) is 5.73 Å². The van der Waals surface area contributed by atoms with Crippen molar-refractivity contribution in [3.63, 3.8) is 0 Å². The van der Waals surface area contributed by atoms with Crippen molar-refractivity contribution in [1.82, 2.24) is 4.90 Å². The number of likely N-dealkylation sites (tertiary alicyclic amines) is 1. The zero-order chi connectivity index (χ0) is 10.7. The Morgan fingerprint density at radius 3 is 2.27 bits per heavy atom. The van der Waals surface area contributed by atoms with Crippen molar-refractivity contribution in [2.75, 3.05) is 13.1 Å². The lowest BCUT2D eigenvalue weighted by Gasteiger charge is -2.31. The largest absolute Gasteiger partial charge is 0.326 e. The molecule has 1 heterocycles. The van der Waals surface area contributed by atoms with Crippen LogP contribution in [0.2, 0.25) is 0 Å². The molecule has 0 radical (unpaired) electrons. The number of benzene rings is 1. The second kappa shape index (κ2) is 4.77. The van der Waals surface area contributed by atoms with Gasteiger partial charge in [0.05, 0.1) is 0 Å². The van der Waals surface area contributed by atoms with Gasteiger partial charge in [-0.25, -0.2) is 0 Å². The van der Waals surface area contributed by atoms with Crippen molar-refractivity contribution in [3.05, 3.63) is 35.9 Å². The van der Waals surface area contributed by atoms with E-state index in [1.807, 2.05) is 0 Å². The van der Waals surface area contributed by atoms with Crippen LogP contribution in [0.4, 0.5) is 0 Å². The normalized spacial score (nSPS) is 21.5. The van der Waals surface area contributed by atoms with Crippen LogP contribution in [0.15, 0.2) is 30.3 Å². The Morgan fingerprint density at radius 2 is 1.73 bits per heavy atom. The van der Waals surface area contributed by atoms with Gasteiger partial charge >= 0.3 is 0 Å². The van der Waals surface area contributed by atoms with Gasteiger partial charge in [-0.2, -0.15) is 0 Å². The Labute approximate surface area is 92.1 Å². The molecule has 15 heavy (non-hydrogen) atoms. The molecule has 2 nitrogen and oxygen atoms in total. The summed E-state index contributed by atoms with van der Waals surface area (Å²) in [6.07, 6.45) is 2.63. The first-order valence-electron chi connectivity index (χ1n) is 5.83. The minimum absolute atomic E-state index is 0.200. The first-order chi connectivity index (χ1) is 7.29. The molecule has 0 spiro atoms. The molecule has 1 aliphatic rings. The maximum absolute atomic E-state index is 6.11. The van der Waals surface area contributed by atoms with E-state index in [1.54, 1.807) is 0 Å². The van der Waals surface area contributed by atoms with Crippen molar-refractivity contribution in [1.29, 1.82) is 0 Å². The van der Waals surface area contributed by atoms with Crippen molar-refractivity contribution in [3.8, 4) is 0 Å². The summed E-state index contributed by atoms with van der Waals surface area (Å²) in [6, 6.07) is 11.2. The minimum atomic E-state index is 0.200. The molecule has 0 amide bonds. The van der Waals surface area contributed by atoms with E-state index in [-0.39, 0.29) is 6.04 Å². The first-order valence-corrected chi connectivity index (χ1v) is 5.83. The predicted molar refractivity (Wildman–Crippen MR) is 63.6 cm³/mol. The topological polar surface area (TPSA) is 29.3 Å². The number of nitrogens with two attached hydrogens (primary N) is 1. The SMILES string of the molecule is C[C@@H](N)[C@H](c1ccccc1)N1CCCC1. The molecule has 1 aliphatic heterocycles. The maximum atomic E-state index is 6.11. The fourth-order valence-corrected chi connectivity index (χ4v) is 2.52. The van der Waals surface area contributed by atoms with E-state index >= 15 is 0 Å². The second-order valence-electron chi connectivity index (χ2n) is 4.46. The van der Waals surface area contributed by atoms with Crippen LogP contribution in [0.25, 0.3) is 0 Å². The van der Waals surface area contributed by atoms with Gasteiger partial charge in [0.1, 0.15) is 0 Å². The summed E-state index contributed by atoms with van der Waals surface area (Å²) in [5.41, 5.74) is 7.46. The molecule has 2 N–H and O–H groups in total. The van der Waals surface area contributed by atoms with E-state index in [9.17, 15) is 0 Å². The van der Waals surface area contributed by atoms with Gasteiger partial charge in [0, 0.05) is 12.1 Å². The van der Waals surface area contributed by atoms with Crippen molar-refractivity contribution < 1.29 is 0 Å². The molecule has 0 aromatic heterocycles. The highest BCUT2D eigenvalue weighted by atomic mass is 15.2. The van der Waals surface area contributed by atoms with Crippen molar-refractivity contribution >= 4 is 0 Å². The van der Waals surface area contributed by atoms with Gasteiger partial charge in [0.25, 0.3) is 0 Å². The van der Waals surface area contributed by atoms with E-state index in [2.05, 4.69) is 42.2 Å². The molecule has 2 atom stereocenters. The highest BCUT2D eigenvalue weighted by molar-refractivity contribution is 5.20. The predicted octanol–water partition coefficient (Wildman–Crippen LogP) is 2.17. The van der Waals surface area contributed by atoms with Crippen LogP contribution in [0, 0.1) is 0 Å². The molecular weight excluding hydrogens is 184 g/mol. The molecule has 2 rings (SSSR count). The second-order valence-corrected chi connectivity index (χ2v) is 4.46. The summed E-state index contributed by atoms with van der Waals surface area (Å²) >= 11 is 0. The summed E-state index contributed by atoms with van der Waals surface area (Å²) < 4.78 is 0. The van der Waals surface area contributed by atoms with E-state index < -0.39 is 0 Å². The van der Waals surface area contributed by atoms with Gasteiger partial charge in [-0.3, -0.25) is 4.90 Å². The third kappa shape index (κ3) is 2.39. The Hall–Kier alpha value is -0.860. The van der Waals surface area contributed by atoms with Crippen LogP contribution in [0.5, 0.6) is 0 Å². The molecule has 1 saturated heterocycles. The lowest BCUT2D eigenvalue weighted by molar-refractivity contribution is 0.219. The molecule has 82 valence electrons. The highest BCUT2D eigenvalue weighted by Gasteiger charge is 2.25. The van der Waals surface area contributed by atoms with E-state index in [1.165, 1.54) is 31.5 Å². The van der Waals surface area contributed by atoms with Gasteiger partial charge in [-0.1, -0.05) is 30.3 Å². The molecule has 1 aromatic rings. The third-order valence-corrected chi connectivity index (χ3v) is 3.17. The Bertz CT molecular complexity index is 289. The van der Waals surface area contributed by atoms with Gasteiger partial charge in [-0.15, -0.1) is 0 Å². The highest BCUT2D eigenvalue weighted by Crippen LogP contribution is 2.26. The van der Waals surface area contributed by atoms with Gasteiger partial charge in [0.2, 0.25) is 0 Å². The fraction of sp³-hybridized carbons (Fsp3) is 0.538. The molecule has 1 fully saturated rings. The zero-order valence-electron chi connectivity index (χ0n) is 9.39. The van der Waals surface area contributed by atoms with Gasteiger partial charge in [-0.05, 0) is 38.4 Å². The van der Waals surface area contributed by atoms with Crippen molar-refractivity contribution in [2.24, 2.45) is 5.73 Å². The Balaban J connectivity index is 2.19. The van der Waals surface area contributed by atoms with Crippen LogP contribution >= 0.6 is 0 Å². The number of hydrogen-bond acceptors (Lipinski definition) is 2. The first kappa shape index (κ1) is 10.7. The average Bonchev–Trinajstić information content (AvgIpc) is 2.72. The van der Waals surface area contributed by atoms with Crippen LogP contribution in [0.1, 0.15) is 31.4 Å². The fourth-order valence-electron chi connectivity index (χ4n) is 2.52. The van der Waals surface area contributed by atoms with Crippen LogP contribution in [0.3, 0.4) is 0 Å². The average molecular weight is 204 g/mol. The van der Waals surface area contributed by atoms with Crippen LogP contribution in [-0.2, 0) is 0 Å². The quantitative estimate of drug-likeness (QED) is 0.817. The lowest BCUT2D eigenvalue weighted by Crippen LogP contribution is -2.37. The van der Waals surface area contributed by atoms with Crippen LogP contribution in [-0.4, -0.2) is 24.0 Å². The standard InChI is InChI=1S/C13H20N2/c1-11(14)13(15-9-5-6-10-15)12-7-3-2-4-8-12/h2-4,7-8,11,13H,5-6,9-10,14H2,1H3/t11-,13-/m1/s1. The Kier molecular flexibility index (Phi) is 3.39. The summed E-state index contributed by atoms with van der Waals surface area (Å²) in [7, 11) is 0. The molecular formula is C13H20N2. The molecule has 0 aliphatic carbocycles. The molecule has 0 bridgehead atoms. The molecule has 0 saturated carbocycles. The molecule has 2 heteroatoms. The Morgan fingerprint density at radius 1 is 1.13 bits per heavy atom. The van der Waals surface area contributed by atoms with E-state index in [0.717, 1.165) is 0 Å². The maximum Gasteiger partial charge on any atom is 0.0496 e. The van der Waals surface area contributed by atoms with Gasteiger partial charge < -0.3 is 5.73 Å². The van der Waals surface area contributed by atoms with E-state index in [0.29, 0.717) is 6.04 Å². The monoisotopic (exact) mass is 204 g/mol. The van der Waals surface area contributed by atoms with Crippen molar-refractivity contribution in [2.45, 2.75) is 31.8 Å². The molecule has 1 aromatic carbocycles. The summed E-state index contributed by atoms with van der Waals surface area (Å²) in [4.78, 5) is 2.51. The summed E-state index contributed by atoms with van der Waals surface area (Å²) in [6.45, 7) is 4.50. The minimum Gasteiger partial charge on any atom is -0.326 e. The molecule has 0 unspecified atom stereocenters. The van der Waals surface area contributed by atoms with Crippen LogP contribution < -0.4 is 5.73 Å².